The van der Waals surface area contributed by atoms with Crippen LogP contribution in [0.15, 0.2) is 18.2 Å². The van der Waals surface area contributed by atoms with Crippen molar-refractivity contribution in [2.75, 3.05) is 6.61 Å². The molecule has 0 bridgehead atoms. The van der Waals surface area contributed by atoms with E-state index < -0.39 is 5.82 Å². The summed E-state index contributed by atoms with van der Waals surface area (Å²) in [4.78, 5) is 0. The van der Waals surface area contributed by atoms with Gasteiger partial charge in [0.05, 0.1) is 24.8 Å². The Balaban J connectivity index is 1.89. The predicted molar refractivity (Wildman–Crippen MR) is 75.4 cm³/mol. The third kappa shape index (κ3) is 4.29. The topological polar surface area (TPSA) is 59.0 Å². The number of benzene rings is 1. The molecule has 0 unspecified atom stereocenters. The molecule has 2 rings (SSSR count). The molecule has 0 atom stereocenters. The molecule has 4 heteroatoms. The Morgan fingerprint density at radius 3 is 2.55 bits per heavy atom. The number of nitrogens with zero attached hydrogens (tertiary/aromatic N) is 1. The van der Waals surface area contributed by atoms with E-state index in [4.69, 9.17) is 15.7 Å². The van der Waals surface area contributed by atoms with Gasteiger partial charge in [0.1, 0.15) is 5.82 Å². The van der Waals surface area contributed by atoms with Gasteiger partial charge in [-0.25, -0.2) is 4.39 Å². The number of rotatable bonds is 4. The predicted octanol–water partition coefficient (Wildman–Crippen LogP) is 3.27. The normalized spacial score (nSPS) is 18.2. The number of nitrogens with two attached hydrogens (primary N) is 1. The van der Waals surface area contributed by atoms with Crippen LogP contribution in [0.3, 0.4) is 0 Å². The van der Waals surface area contributed by atoms with E-state index in [0.717, 1.165) is 25.7 Å². The first kappa shape index (κ1) is 15.0. The van der Waals surface area contributed by atoms with Gasteiger partial charge in [0.25, 0.3) is 0 Å². The molecule has 108 valence electrons. The molecule has 1 fully saturated rings. The SMILES string of the molecule is N#Cc1cc(F)cc(COCC2(N)CCCCCC2)c1. The molecule has 0 aliphatic heterocycles. The molecule has 0 heterocycles. The quantitative estimate of drug-likeness (QED) is 0.859. The molecule has 0 radical (unpaired) electrons. The zero-order valence-corrected chi connectivity index (χ0v) is 11.7. The first-order chi connectivity index (χ1) is 9.61. The Morgan fingerprint density at radius 2 is 1.90 bits per heavy atom. The van der Waals surface area contributed by atoms with E-state index in [1.54, 1.807) is 6.07 Å². The van der Waals surface area contributed by atoms with Crippen molar-refractivity contribution in [3.05, 3.63) is 35.1 Å². The summed E-state index contributed by atoms with van der Waals surface area (Å²) in [6.45, 7) is 0.788. The summed E-state index contributed by atoms with van der Waals surface area (Å²) in [6.07, 6.45) is 6.76. The van der Waals surface area contributed by atoms with Crippen LogP contribution in [0.25, 0.3) is 0 Å². The van der Waals surface area contributed by atoms with E-state index in [1.165, 1.54) is 25.0 Å². The second-order valence-electron chi connectivity index (χ2n) is 5.73. The molecule has 20 heavy (non-hydrogen) atoms. The highest BCUT2D eigenvalue weighted by Crippen LogP contribution is 2.25. The molecular formula is C16H21FN2O. The fourth-order valence-corrected chi connectivity index (χ4v) is 2.75. The first-order valence-corrected chi connectivity index (χ1v) is 7.17. The van der Waals surface area contributed by atoms with Gasteiger partial charge >= 0.3 is 0 Å². The Labute approximate surface area is 119 Å². The highest BCUT2D eigenvalue weighted by molar-refractivity contribution is 5.33. The lowest BCUT2D eigenvalue weighted by atomic mass is 9.92. The summed E-state index contributed by atoms with van der Waals surface area (Å²) >= 11 is 0. The lowest BCUT2D eigenvalue weighted by molar-refractivity contribution is 0.0666. The van der Waals surface area contributed by atoms with Gasteiger partial charge in [-0.1, -0.05) is 25.7 Å². The highest BCUT2D eigenvalue weighted by atomic mass is 19.1. The number of hydrogen-bond donors (Lipinski definition) is 1. The van der Waals surface area contributed by atoms with E-state index in [2.05, 4.69) is 0 Å². The van der Waals surface area contributed by atoms with Gasteiger partial charge in [0.2, 0.25) is 0 Å². The maximum Gasteiger partial charge on any atom is 0.124 e. The molecule has 0 saturated heterocycles. The van der Waals surface area contributed by atoms with Crippen LogP contribution in [0.2, 0.25) is 0 Å². The monoisotopic (exact) mass is 276 g/mol. The minimum absolute atomic E-state index is 0.248. The van der Waals surface area contributed by atoms with Crippen LogP contribution in [0.1, 0.15) is 49.7 Å². The fraction of sp³-hybridized carbons (Fsp3) is 0.562. The minimum atomic E-state index is -0.403. The van der Waals surface area contributed by atoms with E-state index in [-0.39, 0.29) is 5.54 Å². The molecule has 0 spiro atoms. The average Bonchev–Trinajstić information content (AvgIpc) is 2.63. The van der Waals surface area contributed by atoms with Crippen LogP contribution in [0.4, 0.5) is 4.39 Å². The van der Waals surface area contributed by atoms with Crippen LogP contribution in [0.5, 0.6) is 0 Å². The van der Waals surface area contributed by atoms with Gasteiger partial charge in [-0.05, 0) is 36.6 Å². The highest BCUT2D eigenvalue weighted by Gasteiger charge is 2.26. The maximum atomic E-state index is 13.3. The van der Waals surface area contributed by atoms with E-state index >= 15 is 0 Å². The zero-order chi connectivity index (χ0) is 14.4. The third-order valence-corrected chi connectivity index (χ3v) is 3.84. The lowest BCUT2D eigenvalue weighted by Crippen LogP contribution is -2.43. The van der Waals surface area contributed by atoms with Gasteiger partial charge < -0.3 is 10.5 Å². The summed E-state index contributed by atoms with van der Waals surface area (Å²) in [6, 6.07) is 6.22. The molecule has 2 N–H and O–H groups in total. The van der Waals surface area contributed by atoms with Gasteiger partial charge in [0.15, 0.2) is 0 Å². The molecule has 1 saturated carbocycles. The van der Waals surface area contributed by atoms with Crippen molar-refractivity contribution in [3.8, 4) is 6.07 Å². The standard InChI is InChI=1S/C16H21FN2O/c17-15-8-13(10-18)7-14(9-15)11-20-12-16(19)5-3-1-2-4-6-16/h7-9H,1-6,11-12,19H2. The lowest BCUT2D eigenvalue weighted by Gasteiger charge is -2.27. The smallest absolute Gasteiger partial charge is 0.124 e. The van der Waals surface area contributed by atoms with E-state index in [1.807, 2.05) is 6.07 Å². The second-order valence-corrected chi connectivity index (χ2v) is 5.73. The Kier molecular flexibility index (Phi) is 5.11. The van der Waals surface area contributed by atoms with Crippen LogP contribution in [-0.4, -0.2) is 12.1 Å². The Morgan fingerprint density at radius 1 is 1.20 bits per heavy atom. The van der Waals surface area contributed by atoms with Crippen molar-refractivity contribution in [1.82, 2.24) is 0 Å². The van der Waals surface area contributed by atoms with E-state index in [9.17, 15) is 4.39 Å². The molecule has 1 aliphatic rings. The van der Waals surface area contributed by atoms with Crippen molar-refractivity contribution >= 4 is 0 Å². The summed E-state index contributed by atoms with van der Waals surface area (Å²) in [5, 5.41) is 8.81. The Hall–Kier alpha value is -1.44. The van der Waals surface area contributed by atoms with Crippen molar-refractivity contribution in [1.29, 1.82) is 5.26 Å². The molecule has 1 aromatic carbocycles. The van der Waals surface area contributed by atoms with E-state index in [0.29, 0.717) is 24.3 Å². The molecular weight excluding hydrogens is 255 g/mol. The summed E-state index contributed by atoms with van der Waals surface area (Å²) in [5.74, 6) is -0.403. The number of hydrogen-bond acceptors (Lipinski definition) is 3. The van der Waals surface area contributed by atoms with Crippen molar-refractivity contribution in [2.24, 2.45) is 5.73 Å². The third-order valence-electron chi connectivity index (χ3n) is 3.84. The molecule has 0 amide bonds. The summed E-state index contributed by atoms with van der Waals surface area (Å²) in [7, 11) is 0. The number of ether oxygens (including phenoxy) is 1. The van der Waals surface area contributed by atoms with Crippen molar-refractivity contribution < 1.29 is 9.13 Å². The van der Waals surface area contributed by atoms with Crippen molar-refractivity contribution in [3.63, 3.8) is 0 Å². The fourth-order valence-electron chi connectivity index (χ4n) is 2.75. The van der Waals surface area contributed by atoms with Crippen LogP contribution < -0.4 is 5.73 Å². The number of nitriles is 1. The van der Waals surface area contributed by atoms with Gasteiger partial charge in [-0.15, -0.1) is 0 Å². The summed E-state index contributed by atoms with van der Waals surface area (Å²) < 4.78 is 19.0. The average molecular weight is 276 g/mol. The first-order valence-electron chi connectivity index (χ1n) is 7.17. The van der Waals surface area contributed by atoms with Gasteiger partial charge in [-0.3, -0.25) is 0 Å². The van der Waals surface area contributed by atoms with Crippen LogP contribution >= 0.6 is 0 Å². The molecule has 0 aromatic heterocycles. The van der Waals surface area contributed by atoms with Crippen molar-refractivity contribution in [2.45, 2.75) is 50.7 Å². The summed E-state index contributed by atoms with van der Waals surface area (Å²) in [5.41, 5.74) is 7.11. The minimum Gasteiger partial charge on any atom is -0.375 e. The Bertz CT molecular complexity index is 488. The van der Waals surface area contributed by atoms with Gasteiger partial charge in [-0.2, -0.15) is 5.26 Å². The maximum absolute atomic E-state index is 13.3. The molecule has 1 aromatic rings. The van der Waals surface area contributed by atoms with Crippen LogP contribution in [-0.2, 0) is 11.3 Å². The second kappa shape index (κ2) is 6.83. The largest absolute Gasteiger partial charge is 0.375 e. The zero-order valence-electron chi connectivity index (χ0n) is 11.7. The molecule has 3 nitrogen and oxygen atoms in total. The van der Waals surface area contributed by atoms with Gasteiger partial charge in [0, 0.05) is 5.54 Å². The molecule has 1 aliphatic carbocycles. The number of halogens is 1. The van der Waals surface area contributed by atoms with Crippen LogP contribution in [0, 0.1) is 17.1 Å².